The Balaban J connectivity index is 2.11. The molecule has 0 aromatic carbocycles. The molecule has 0 saturated carbocycles. The second-order valence-electron chi connectivity index (χ2n) is 7.61. The van der Waals surface area contributed by atoms with E-state index in [1.54, 1.807) is 0 Å². The number of nitrogens with zero attached hydrogens (tertiary/aromatic N) is 1. The zero-order chi connectivity index (χ0) is 15.2. The summed E-state index contributed by atoms with van der Waals surface area (Å²) in [7, 11) is 2.18. The largest absolute Gasteiger partial charge is 0.356 e. The molecule has 20 heavy (non-hydrogen) atoms. The van der Waals surface area contributed by atoms with Gasteiger partial charge in [0.15, 0.2) is 0 Å². The number of carbonyl (C=O) groups excluding carboxylic acids is 1. The first-order valence-corrected chi connectivity index (χ1v) is 7.97. The van der Waals surface area contributed by atoms with Crippen molar-refractivity contribution in [3.8, 4) is 0 Å². The Hall–Kier alpha value is -0.610. The van der Waals surface area contributed by atoms with E-state index in [0.29, 0.717) is 6.42 Å². The van der Waals surface area contributed by atoms with E-state index in [1.807, 2.05) is 0 Å². The van der Waals surface area contributed by atoms with Gasteiger partial charge in [0, 0.05) is 19.0 Å². The minimum atomic E-state index is -0.0293. The molecule has 0 aromatic rings. The number of nitrogens with one attached hydrogen (secondary N) is 1. The summed E-state index contributed by atoms with van der Waals surface area (Å²) in [6.07, 6.45) is 4.96. The lowest BCUT2D eigenvalue weighted by Gasteiger charge is -2.29. The molecule has 118 valence electrons. The SMILES string of the molecule is CN1CCC(CCNC(=O)CC(N)CC(C)(C)C)CC1. The first kappa shape index (κ1) is 17.4. The van der Waals surface area contributed by atoms with Gasteiger partial charge in [-0.2, -0.15) is 0 Å². The van der Waals surface area contributed by atoms with Gasteiger partial charge in [0.25, 0.3) is 0 Å². The summed E-state index contributed by atoms with van der Waals surface area (Å²) in [5.74, 6) is 0.879. The summed E-state index contributed by atoms with van der Waals surface area (Å²) < 4.78 is 0. The number of rotatable bonds is 6. The Morgan fingerprint density at radius 3 is 2.50 bits per heavy atom. The van der Waals surface area contributed by atoms with E-state index in [1.165, 1.54) is 25.9 Å². The maximum atomic E-state index is 11.8. The molecule has 4 nitrogen and oxygen atoms in total. The molecule has 1 aliphatic heterocycles. The van der Waals surface area contributed by atoms with Crippen LogP contribution in [-0.2, 0) is 4.79 Å². The van der Waals surface area contributed by atoms with E-state index in [2.05, 4.69) is 38.0 Å². The van der Waals surface area contributed by atoms with Crippen LogP contribution in [0.1, 0.15) is 52.9 Å². The van der Waals surface area contributed by atoms with E-state index in [4.69, 9.17) is 5.73 Å². The topological polar surface area (TPSA) is 58.4 Å². The summed E-state index contributed by atoms with van der Waals surface area (Å²) in [5, 5.41) is 3.03. The third-order valence-electron chi connectivity index (χ3n) is 4.04. The third kappa shape index (κ3) is 7.85. The predicted molar refractivity (Wildman–Crippen MR) is 84.5 cm³/mol. The van der Waals surface area contributed by atoms with Gasteiger partial charge >= 0.3 is 0 Å². The summed E-state index contributed by atoms with van der Waals surface area (Å²) in [5.41, 5.74) is 6.21. The summed E-state index contributed by atoms with van der Waals surface area (Å²) >= 11 is 0. The fraction of sp³-hybridized carbons (Fsp3) is 0.938. The summed E-state index contributed by atoms with van der Waals surface area (Å²) in [6, 6.07) is -0.0293. The number of hydrogen-bond acceptors (Lipinski definition) is 3. The van der Waals surface area contributed by atoms with Gasteiger partial charge in [-0.25, -0.2) is 0 Å². The fourth-order valence-electron chi connectivity index (χ4n) is 2.94. The molecule has 1 unspecified atom stereocenters. The van der Waals surface area contributed by atoms with Crippen LogP contribution in [0.5, 0.6) is 0 Å². The molecule has 0 bridgehead atoms. The van der Waals surface area contributed by atoms with E-state index >= 15 is 0 Å². The smallest absolute Gasteiger partial charge is 0.221 e. The highest BCUT2D eigenvalue weighted by molar-refractivity contribution is 5.76. The molecule has 4 heteroatoms. The van der Waals surface area contributed by atoms with Crippen LogP contribution < -0.4 is 11.1 Å². The van der Waals surface area contributed by atoms with Crippen molar-refractivity contribution in [2.24, 2.45) is 17.1 Å². The lowest BCUT2D eigenvalue weighted by atomic mass is 9.87. The van der Waals surface area contributed by atoms with Crippen molar-refractivity contribution in [1.82, 2.24) is 10.2 Å². The lowest BCUT2D eigenvalue weighted by Crippen LogP contribution is -2.36. The van der Waals surface area contributed by atoms with Gasteiger partial charge in [0.2, 0.25) is 5.91 Å². The maximum absolute atomic E-state index is 11.8. The zero-order valence-electron chi connectivity index (χ0n) is 13.7. The first-order chi connectivity index (χ1) is 9.26. The van der Waals surface area contributed by atoms with Gasteiger partial charge in [0.1, 0.15) is 0 Å². The van der Waals surface area contributed by atoms with Crippen LogP contribution in [0, 0.1) is 11.3 Å². The molecule has 1 saturated heterocycles. The van der Waals surface area contributed by atoms with Gasteiger partial charge in [-0.15, -0.1) is 0 Å². The number of piperidine rings is 1. The molecular formula is C16H33N3O. The monoisotopic (exact) mass is 283 g/mol. The minimum absolute atomic E-state index is 0.0293. The van der Waals surface area contributed by atoms with Crippen molar-refractivity contribution in [2.75, 3.05) is 26.7 Å². The van der Waals surface area contributed by atoms with Crippen LogP contribution in [-0.4, -0.2) is 43.5 Å². The van der Waals surface area contributed by atoms with Crippen LogP contribution in [0.15, 0.2) is 0 Å². The summed E-state index contributed by atoms with van der Waals surface area (Å²) in [6.45, 7) is 9.65. The van der Waals surface area contributed by atoms with Crippen LogP contribution >= 0.6 is 0 Å². The molecule has 0 aliphatic carbocycles. The average molecular weight is 283 g/mol. The highest BCUT2D eigenvalue weighted by Crippen LogP contribution is 2.21. The van der Waals surface area contributed by atoms with Crippen LogP contribution in [0.3, 0.4) is 0 Å². The molecule has 3 N–H and O–H groups in total. The van der Waals surface area contributed by atoms with Crippen molar-refractivity contribution in [3.05, 3.63) is 0 Å². The Labute approximate surface area is 124 Å². The molecule has 0 radical (unpaired) electrons. The van der Waals surface area contributed by atoms with Gasteiger partial charge in [0.05, 0.1) is 0 Å². The second-order valence-corrected chi connectivity index (χ2v) is 7.61. The van der Waals surface area contributed by atoms with Gasteiger partial charge < -0.3 is 16.0 Å². The van der Waals surface area contributed by atoms with Crippen molar-refractivity contribution in [1.29, 1.82) is 0 Å². The van der Waals surface area contributed by atoms with Crippen LogP contribution in [0.2, 0.25) is 0 Å². The lowest BCUT2D eigenvalue weighted by molar-refractivity contribution is -0.121. The number of hydrogen-bond donors (Lipinski definition) is 2. The van der Waals surface area contributed by atoms with E-state index in [9.17, 15) is 4.79 Å². The minimum Gasteiger partial charge on any atom is -0.356 e. The van der Waals surface area contributed by atoms with Gasteiger partial charge in [-0.05, 0) is 57.2 Å². The van der Waals surface area contributed by atoms with Crippen LogP contribution in [0.4, 0.5) is 0 Å². The molecule has 1 amide bonds. The Morgan fingerprint density at radius 2 is 1.95 bits per heavy atom. The molecule has 0 aromatic heterocycles. The van der Waals surface area contributed by atoms with Crippen LogP contribution in [0.25, 0.3) is 0 Å². The van der Waals surface area contributed by atoms with E-state index in [-0.39, 0.29) is 17.4 Å². The third-order valence-corrected chi connectivity index (χ3v) is 4.04. The van der Waals surface area contributed by atoms with Crippen molar-refractivity contribution in [3.63, 3.8) is 0 Å². The molecule has 1 rings (SSSR count). The second kappa shape index (κ2) is 7.99. The predicted octanol–water partition coefficient (Wildman–Crippen LogP) is 1.99. The number of amides is 1. The first-order valence-electron chi connectivity index (χ1n) is 7.97. The highest BCUT2D eigenvalue weighted by Gasteiger charge is 2.19. The molecule has 1 aliphatic rings. The average Bonchev–Trinajstić information content (AvgIpc) is 2.29. The molecule has 1 fully saturated rings. The zero-order valence-corrected chi connectivity index (χ0v) is 13.7. The van der Waals surface area contributed by atoms with Gasteiger partial charge in [-0.1, -0.05) is 20.8 Å². The maximum Gasteiger partial charge on any atom is 0.221 e. The van der Waals surface area contributed by atoms with E-state index < -0.39 is 0 Å². The fourth-order valence-corrected chi connectivity index (χ4v) is 2.94. The number of nitrogens with two attached hydrogens (primary N) is 1. The Bertz CT molecular complexity index is 291. The number of likely N-dealkylation sites (tertiary alicyclic amines) is 1. The standard InChI is InChI=1S/C16H33N3O/c1-16(2,3)12-14(17)11-15(20)18-8-5-13-6-9-19(4)10-7-13/h13-14H,5-12,17H2,1-4H3,(H,18,20). The highest BCUT2D eigenvalue weighted by atomic mass is 16.1. The molecule has 1 atom stereocenters. The van der Waals surface area contributed by atoms with Gasteiger partial charge in [-0.3, -0.25) is 4.79 Å². The Morgan fingerprint density at radius 1 is 1.35 bits per heavy atom. The number of carbonyl (C=O) groups is 1. The molecular weight excluding hydrogens is 250 g/mol. The van der Waals surface area contributed by atoms with Crippen molar-refractivity contribution in [2.45, 2.75) is 58.9 Å². The quantitative estimate of drug-likeness (QED) is 0.784. The molecule has 1 heterocycles. The Kier molecular flexibility index (Phi) is 6.96. The van der Waals surface area contributed by atoms with E-state index in [0.717, 1.165) is 25.3 Å². The summed E-state index contributed by atoms with van der Waals surface area (Å²) in [4.78, 5) is 14.2. The molecule has 0 spiro atoms. The van der Waals surface area contributed by atoms with Crippen molar-refractivity contribution < 1.29 is 4.79 Å². The van der Waals surface area contributed by atoms with Crippen molar-refractivity contribution >= 4 is 5.91 Å². The normalized spacial score (nSPS) is 19.9.